The summed E-state index contributed by atoms with van der Waals surface area (Å²) >= 11 is 1.40. The van der Waals surface area contributed by atoms with Gasteiger partial charge in [0.2, 0.25) is 5.91 Å². The Balaban J connectivity index is 0.00000484. The van der Waals surface area contributed by atoms with Gasteiger partial charge in [0.1, 0.15) is 10.7 Å². The Morgan fingerprint density at radius 2 is 1.69 bits per heavy atom. The molecule has 0 bridgehead atoms. The van der Waals surface area contributed by atoms with E-state index >= 15 is 0 Å². The van der Waals surface area contributed by atoms with Crippen molar-refractivity contribution >= 4 is 47.2 Å². The number of hydrogen-bond acceptors (Lipinski definition) is 7. The molecule has 226 valence electrons. The SMILES string of the molecule is CCCCCNC(=O)CN(CC(=O)N(C)N1Cc2ccccc2C1)c1cc(-c2nc(C(=O)N(C)C)cs2)ccc1C.Cl. The van der Waals surface area contributed by atoms with Crippen molar-refractivity contribution < 1.29 is 14.4 Å². The fraction of sp³-hybridized carbons (Fsp3) is 0.419. The van der Waals surface area contributed by atoms with Gasteiger partial charge in [-0.25, -0.2) is 9.99 Å². The highest BCUT2D eigenvalue weighted by atomic mass is 35.5. The van der Waals surface area contributed by atoms with Crippen molar-refractivity contribution in [2.24, 2.45) is 0 Å². The smallest absolute Gasteiger partial charge is 0.272 e. The van der Waals surface area contributed by atoms with Gasteiger partial charge in [-0.05, 0) is 36.1 Å². The van der Waals surface area contributed by atoms with Crippen LogP contribution in [-0.2, 0) is 22.7 Å². The van der Waals surface area contributed by atoms with Crippen LogP contribution >= 0.6 is 23.7 Å². The minimum Gasteiger partial charge on any atom is -0.355 e. The standard InChI is InChI=1S/C31H40N6O3S.ClH/c1-6-7-10-15-32-28(38)19-36(20-29(39)35(5)37-17-24-11-8-9-12-25(24)18-37)27-16-23(14-13-22(27)2)30-33-26(21-41-30)31(40)34(3)4;/h8-9,11-14,16,21H,6-7,10,15,17-20H2,1-5H3,(H,32,38);1H. The summed E-state index contributed by atoms with van der Waals surface area (Å²) in [5.41, 5.74) is 5.39. The fourth-order valence-corrected chi connectivity index (χ4v) is 5.62. The third-order valence-electron chi connectivity index (χ3n) is 7.30. The Hall–Kier alpha value is -3.47. The van der Waals surface area contributed by atoms with Crippen molar-refractivity contribution in [1.82, 2.24) is 25.2 Å². The fourth-order valence-electron chi connectivity index (χ4n) is 4.83. The number of aromatic nitrogens is 1. The van der Waals surface area contributed by atoms with Crippen molar-refractivity contribution in [2.45, 2.75) is 46.2 Å². The summed E-state index contributed by atoms with van der Waals surface area (Å²) in [6.07, 6.45) is 3.05. The van der Waals surface area contributed by atoms with Gasteiger partial charge in [0.15, 0.2) is 0 Å². The Morgan fingerprint density at radius 3 is 2.33 bits per heavy atom. The van der Waals surface area contributed by atoms with Crippen molar-refractivity contribution in [1.29, 1.82) is 0 Å². The summed E-state index contributed by atoms with van der Waals surface area (Å²) in [6.45, 7) is 6.14. The molecular formula is C31H41ClN6O3S. The second kappa shape index (κ2) is 15.1. The van der Waals surface area contributed by atoms with E-state index in [2.05, 4.69) is 29.4 Å². The van der Waals surface area contributed by atoms with Crippen LogP contribution in [-0.4, -0.2) is 78.4 Å². The molecule has 0 unspecified atom stereocenters. The Bertz CT molecular complexity index is 1370. The second-order valence-electron chi connectivity index (χ2n) is 10.7. The molecule has 1 aliphatic heterocycles. The molecule has 0 saturated heterocycles. The van der Waals surface area contributed by atoms with Gasteiger partial charge in [0.05, 0.1) is 13.1 Å². The van der Waals surface area contributed by atoms with E-state index < -0.39 is 0 Å². The van der Waals surface area contributed by atoms with E-state index in [1.807, 2.05) is 47.2 Å². The number of hydrazine groups is 1. The quantitative estimate of drug-likeness (QED) is 0.297. The number of rotatable bonds is 12. The molecule has 0 radical (unpaired) electrons. The summed E-state index contributed by atoms with van der Waals surface area (Å²) in [5.74, 6) is -0.378. The number of nitrogens with zero attached hydrogens (tertiary/aromatic N) is 5. The average molecular weight is 613 g/mol. The number of anilines is 1. The van der Waals surface area contributed by atoms with Crippen LogP contribution in [0, 0.1) is 6.92 Å². The maximum absolute atomic E-state index is 13.6. The highest BCUT2D eigenvalue weighted by molar-refractivity contribution is 7.13. The molecule has 9 nitrogen and oxygen atoms in total. The summed E-state index contributed by atoms with van der Waals surface area (Å²) in [5, 5.41) is 9.17. The van der Waals surface area contributed by atoms with E-state index in [1.165, 1.54) is 27.4 Å². The number of carbonyl (C=O) groups excluding carboxylic acids is 3. The van der Waals surface area contributed by atoms with E-state index in [9.17, 15) is 14.4 Å². The Kier molecular flexibility index (Phi) is 11.9. The number of aryl methyl sites for hydroxylation is 1. The van der Waals surface area contributed by atoms with E-state index in [4.69, 9.17) is 0 Å². The first kappa shape index (κ1) is 33.0. The molecule has 0 spiro atoms. The van der Waals surface area contributed by atoms with Gasteiger partial charge < -0.3 is 15.1 Å². The predicted molar refractivity (Wildman–Crippen MR) is 171 cm³/mol. The lowest BCUT2D eigenvalue weighted by Crippen LogP contribution is -2.48. The van der Waals surface area contributed by atoms with E-state index in [1.54, 1.807) is 31.5 Å². The van der Waals surface area contributed by atoms with Crippen LogP contribution in [0.1, 0.15) is 53.4 Å². The van der Waals surface area contributed by atoms with Gasteiger partial charge in [-0.15, -0.1) is 23.7 Å². The number of likely N-dealkylation sites (N-methyl/N-ethyl adjacent to an activating group) is 1. The average Bonchev–Trinajstić information content (AvgIpc) is 3.62. The number of halogens is 1. The van der Waals surface area contributed by atoms with Gasteiger partial charge >= 0.3 is 0 Å². The molecule has 0 fully saturated rings. The first-order valence-electron chi connectivity index (χ1n) is 14.1. The van der Waals surface area contributed by atoms with Crippen LogP contribution in [0.3, 0.4) is 0 Å². The Labute approximate surface area is 258 Å². The van der Waals surface area contributed by atoms with Crippen LogP contribution in [0.5, 0.6) is 0 Å². The summed E-state index contributed by atoms with van der Waals surface area (Å²) in [4.78, 5) is 46.9. The van der Waals surface area contributed by atoms with Crippen LogP contribution in [0.25, 0.3) is 10.6 Å². The first-order chi connectivity index (χ1) is 19.7. The van der Waals surface area contributed by atoms with E-state index in [0.29, 0.717) is 30.3 Å². The van der Waals surface area contributed by atoms with Crippen molar-refractivity contribution in [3.05, 3.63) is 70.2 Å². The molecule has 2 aromatic carbocycles. The highest BCUT2D eigenvalue weighted by Gasteiger charge is 2.27. The molecule has 1 aromatic heterocycles. The highest BCUT2D eigenvalue weighted by Crippen LogP contribution is 2.31. The van der Waals surface area contributed by atoms with Crippen molar-refractivity contribution in [3.63, 3.8) is 0 Å². The molecule has 0 saturated carbocycles. The number of amides is 3. The summed E-state index contributed by atoms with van der Waals surface area (Å²) in [6, 6.07) is 14.1. The maximum Gasteiger partial charge on any atom is 0.272 e. The lowest BCUT2D eigenvalue weighted by molar-refractivity contribution is -0.145. The molecule has 42 heavy (non-hydrogen) atoms. The van der Waals surface area contributed by atoms with Gasteiger partial charge in [-0.2, -0.15) is 0 Å². The monoisotopic (exact) mass is 612 g/mol. The minimum absolute atomic E-state index is 0. The molecule has 3 aromatic rings. The zero-order valence-corrected chi connectivity index (χ0v) is 26.7. The van der Waals surface area contributed by atoms with Crippen LogP contribution in [0.15, 0.2) is 47.8 Å². The largest absolute Gasteiger partial charge is 0.355 e. The third-order valence-corrected chi connectivity index (χ3v) is 8.19. The molecule has 0 atom stereocenters. The molecule has 4 rings (SSSR count). The van der Waals surface area contributed by atoms with Gasteiger partial charge in [-0.1, -0.05) is 56.2 Å². The topological polar surface area (TPSA) is 89.1 Å². The molecule has 1 aliphatic rings. The minimum atomic E-state index is -0.154. The van der Waals surface area contributed by atoms with E-state index in [0.717, 1.165) is 36.1 Å². The Morgan fingerprint density at radius 1 is 1.00 bits per heavy atom. The lowest BCUT2D eigenvalue weighted by Gasteiger charge is -2.32. The zero-order chi connectivity index (χ0) is 29.5. The molecule has 11 heteroatoms. The molecule has 2 heterocycles. The van der Waals surface area contributed by atoms with Crippen molar-refractivity contribution in [3.8, 4) is 10.6 Å². The molecular weight excluding hydrogens is 572 g/mol. The van der Waals surface area contributed by atoms with Crippen LogP contribution < -0.4 is 10.2 Å². The van der Waals surface area contributed by atoms with Gasteiger partial charge in [-0.3, -0.25) is 19.4 Å². The number of carbonyl (C=O) groups is 3. The first-order valence-corrected chi connectivity index (χ1v) is 14.9. The number of thiazole rings is 1. The predicted octanol–water partition coefficient (Wildman–Crippen LogP) is 4.74. The summed E-state index contributed by atoms with van der Waals surface area (Å²) < 4.78 is 0. The lowest BCUT2D eigenvalue weighted by atomic mass is 10.1. The third kappa shape index (κ3) is 8.08. The maximum atomic E-state index is 13.6. The van der Waals surface area contributed by atoms with Gasteiger partial charge in [0, 0.05) is 57.4 Å². The second-order valence-corrected chi connectivity index (χ2v) is 11.5. The van der Waals surface area contributed by atoms with E-state index in [-0.39, 0.29) is 43.2 Å². The number of unbranched alkanes of at least 4 members (excludes halogenated alkanes) is 2. The summed E-state index contributed by atoms with van der Waals surface area (Å²) in [7, 11) is 5.19. The number of hydrogen-bond donors (Lipinski definition) is 1. The number of fused-ring (bicyclic) bond motifs is 1. The van der Waals surface area contributed by atoms with Crippen molar-refractivity contribution in [2.75, 3.05) is 45.7 Å². The molecule has 3 amide bonds. The van der Waals surface area contributed by atoms with Crippen LogP contribution in [0.4, 0.5) is 5.69 Å². The van der Waals surface area contributed by atoms with Gasteiger partial charge in [0.25, 0.3) is 11.8 Å². The zero-order valence-electron chi connectivity index (χ0n) is 25.1. The van der Waals surface area contributed by atoms with Crippen LogP contribution in [0.2, 0.25) is 0 Å². The number of benzene rings is 2. The normalized spacial score (nSPS) is 12.3. The number of nitrogens with one attached hydrogen (secondary N) is 1. The molecule has 0 aliphatic carbocycles. The molecule has 1 N–H and O–H groups in total.